The molecule has 3 rings (SSSR count). The lowest BCUT2D eigenvalue weighted by Gasteiger charge is -2.27. The number of fused-ring (bicyclic) bond motifs is 1. The molecule has 0 bridgehead atoms. The molecule has 6 heteroatoms. The maximum absolute atomic E-state index is 13.7. The smallest absolute Gasteiger partial charge is 0.255 e. The van der Waals surface area contributed by atoms with Crippen molar-refractivity contribution < 1.29 is 8.78 Å². The van der Waals surface area contributed by atoms with Gasteiger partial charge in [-0.3, -0.25) is 9.69 Å². The zero-order valence-corrected chi connectivity index (χ0v) is 11.6. The van der Waals surface area contributed by atoms with Gasteiger partial charge in [-0.1, -0.05) is 6.07 Å². The highest BCUT2D eigenvalue weighted by atomic mass is 19.1. The summed E-state index contributed by atoms with van der Waals surface area (Å²) in [5.41, 5.74) is 1.23. The normalized spacial score (nSPS) is 15.0. The summed E-state index contributed by atoms with van der Waals surface area (Å²) >= 11 is 0. The van der Waals surface area contributed by atoms with Crippen LogP contribution in [0.3, 0.4) is 0 Å². The fourth-order valence-corrected chi connectivity index (χ4v) is 2.65. The van der Waals surface area contributed by atoms with Crippen LogP contribution < -0.4 is 5.56 Å². The molecule has 0 amide bonds. The number of rotatable bonds is 2. The van der Waals surface area contributed by atoms with Gasteiger partial charge in [0.25, 0.3) is 5.56 Å². The third-order valence-corrected chi connectivity index (χ3v) is 3.71. The molecule has 0 saturated carbocycles. The highest BCUT2D eigenvalue weighted by Crippen LogP contribution is 2.19. The van der Waals surface area contributed by atoms with Gasteiger partial charge in [0.05, 0.1) is 11.3 Å². The fraction of sp³-hybridized carbons (Fsp3) is 0.333. The summed E-state index contributed by atoms with van der Waals surface area (Å²) < 4.78 is 27.4. The first-order valence-corrected chi connectivity index (χ1v) is 6.78. The molecule has 0 aliphatic carbocycles. The third-order valence-electron chi connectivity index (χ3n) is 3.71. The molecule has 0 unspecified atom stereocenters. The van der Waals surface area contributed by atoms with E-state index in [9.17, 15) is 13.6 Å². The van der Waals surface area contributed by atoms with E-state index in [-0.39, 0.29) is 17.7 Å². The van der Waals surface area contributed by atoms with Gasteiger partial charge in [-0.05, 0) is 19.1 Å². The third kappa shape index (κ3) is 2.71. The van der Waals surface area contributed by atoms with Crippen LogP contribution in [0.15, 0.2) is 23.0 Å². The van der Waals surface area contributed by atoms with Gasteiger partial charge in [-0.2, -0.15) is 0 Å². The zero-order chi connectivity index (χ0) is 15.0. The Hall–Kier alpha value is -2.08. The topological polar surface area (TPSA) is 49.0 Å². The van der Waals surface area contributed by atoms with Gasteiger partial charge in [-0.15, -0.1) is 0 Å². The van der Waals surface area contributed by atoms with Crippen molar-refractivity contribution >= 4 is 0 Å². The number of nitrogens with one attached hydrogen (secondary N) is 1. The highest BCUT2D eigenvalue weighted by Gasteiger charge is 2.22. The van der Waals surface area contributed by atoms with Gasteiger partial charge in [-0.25, -0.2) is 13.8 Å². The first-order chi connectivity index (χ1) is 10.0. The van der Waals surface area contributed by atoms with Crippen molar-refractivity contribution in [3.63, 3.8) is 0 Å². The van der Waals surface area contributed by atoms with Crippen LogP contribution in [0.1, 0.15) is 22.6 Å². The van der Waals surface area contributed by atoms with E-state index in [1.165, 1.54) is 18.2 Å². The molecule has 4 nitrogen and oxygen atoms in total. The minimum Gasteiger partial charge on any atom is -0.310 e. The van der Waals surface area contributed by atoms with Crippen LogP contribution in [0.25, 0.3) is 0 Å². The summed E-state index contributed by atoms with van der Waals surface area (Å²) in [6, 6.07) is 3.83. The molecule has 0 atom stereocenters. The van der Waals surface area contributed by atoms with Gasteiger partial charge in [0.2, 0.25) is 0 Å². The number of benzene rings is 1. The maximum atomic E-state index is 13.7. The van der Waals surface area contributed by atoms with Gasteiger partial charge < -0.3 is 4.98 Å². The molecular formula is C15H15F2N3O. The van der Waals surface area contributed by atoms with Crippen molar-refractivity contribution in [2.45, 2.75) is 26.4 Å². The van der Waals surface area contributed by atoms with Crippen molar-refractivity contribution in [3.05, 3.63) is 62.8 Å². The predicted octanol–water partition coefficient (Wildman–Crippen LogP) is 1.91. The molecule has 0 saturated heterocycles. The van der Waals surface area contributed by atoms with E-state index in [0.717, 1.165) is 5.69 Å². The molecule has 110 valence electrons. The van der Waals surface area contributed by atoms with Gasteiger partial charge in [0.1, 0.15) is 17.5 Å². The lowest BCUT2D eigenvalue weighted by molar-refractivity contribution is 0.234. The molecule has 1 N–H and O–H groups in total. The standard InChI is InChI=1S/C15H15F2N3O/c1-9-18-14-5-6-20(8-11(14)15(21)19-9)7-10-12(16)3-2-4-13(10)17/h2-4H,5-8H2,1H3,(H,18,19,21). The average molecular weight is 291 g/mol. The minimum absolute atomic E-state index is 0.0393. The van der Waals surface area contributed by atoms with Gasteiger partial charge in [0.15, 0.2) is 0 Å². The molecule has 0 spiro atoms. The van der Waals surface area contributed by atoms with Crippen LogP contribution in [0.2, 0.25) is 0 Å². The molecule has 1 aliphatic heterocycles. The largest absolute Gasteiger partial charge is 0.310 e. The van der Waals surface area contributed by atoms with E-state index in [0.29, 0.717) is 30.9 Å². The van der Waals surface area contributed by atoms with Crippen molar-refractivity contribution in [2.24, 2.45) is 0 Å². The number of aryl methyl sites for hydroxylation is 1. The second kappa shape index (κ2) is 5.37. The Morgan fingerprint density at radius 2 is 2.05 bits per heavy atom. The maximum Gasteiger partial charge on any atom is 0.255 e. The molecule has 1 aromatic carbocycles. The summed E-state index contributed by atoms with van der Waals surface area (Å²) in [7, 11) is 0. The SMILES string of the molecule is Cc1nc2c(c(=O)[nH]1)CN(Cc1c(F)cccc1F)CC2. The summed E-state index contributed by atoms with van der Waals surface area (Å²) in [4.78, 5) is 20.8. The molecule has 0 fully saturated rings. The summed E-state index contributed by atoms with van der Waals surface area (Å²) in [6.07, 6.45) is 0.607. The van der Waals surface area contributed by atoms with Crippen LogP contribution in [0, 0.1) is 18.6 Å². The number of hydrogen-bond acceptors (Lipinski definition) is 3. The lowest BCUT2D eigenvalue weighted by atomic mass is 10.1. The van der Waals surface area contributed by atoms with Crippen molar-refractivity contribution in [3.8, 4) is 0 Å². The minimum atomic E-state index is -0.559. The number of aromatic amines is 1. The van der Waals surface area contributed by atoms with Gasteiger partial charge in [0, 0.05) is 31.6 Å². The molecule has 2 aromatic rings. The Labute approximate surface area is 120 Å². The Morgan fingerprint density at radius 1 is 1.33 bits per heavy atom. The Kier molecular flexibility index (Phi) is 3.55. The van der Waals surface area contributed by atoms with E-state index in [2.05, 4.69) is 9.97 Å². The first kappa shape index (κ1) is 13.9. The second-order valence-corrected chi connectivity index (χ2v) is 5.24. The van der Waals surface area contributed by atoms with Crippen molar-refractivity contribution in [1.82, 2.24) is 14.9 Å². The van der Waals surface area contributed by atoms with Gasteiger partial charge >= 0.3 is 0 Å². The van der Waals surface area contributed by atoms with Crippen molar-refractivity contribution in [2.75, 3.05) is 6.54 Å². The average Bonchev–Trinajstić information content (AvgIpc) is 2.43. The molecule has 1 aliphatic rings. The quantitative estimate of drug-likeness (QED) is 0.919. The van der Waals surface area contributed by atoms with Crippen LogP contribution in [0.4, 0.5) is 8.78 Å². The predicted molar refractivity (Wildman–Crippen MR) is 73.8 cm³/mol. The molecule has 2 heterocycles. The summed E-state index contributed by atoms with van der Waals surface area (Å²) in [6.45, 7) is 2.86. The number of aromatic nitrogens is 2. The van der Waals surface area contributed by atoms with Crippen LogP contribution in [-0.4, -0.2) is 21.4 Å². The van der Waals surface area contributed by atoms with E-state index in [4.69, 9.17) is 0 Å². The highest BCUT2D eigenvalue weighted by molar-refractivity contribution is 5.23. The number of halogens is 2. The summed E-state index contributed by atoms with van der Waals surface area (Å²) in [5, 5.41) is 0. The van der Waals surface area contributed by atoms with Crippen molar-refractivity contribution in [1.29, 1.82) is 0 Å². The van der Waals surface area contributed by atoms with E-state index >= 15 is 0 Å². The fourth-order valence-electron chi connectivity index (χ4n) is 2.65. The number of hydrogen-bond donors (Lipinski definition) is 1. The monoisotopic (exact) mass is 291 g/mol. The Bertz CT molecular complexity index is 722. The number of H-pyrrole nitrogens is 1. The van der Waals surface area contributed by atoms with Crippen LogP contribution >= 0.6 is 0 Å². The second-order valence-electron chi connectivity index (χ2n) is 5.24. The first-order valence-electron chi connectivity index (χ1n) is 6.78. The molecule has 21 heavy (non-hydrogen) atoms. The van der Waals surface area contributed by atoms with Crippen LogP contribution in [-0.2, 0) is 19.5 Å². The zero-order valence-electron chi connectivity index (χ0n) is 11.6. The molecule has 0 radical (unpaired) electrons. The van der Waals surface area contributed by atoms with E-state index in [1.54, 1.807) is 6.92 Å². The van der Waals surface area contributed by atoms with E-state index in [1.807, 2.05) is 4.90 Å². The molecule has 1 aromatic heterocycles. The lowest BCUT2D eigenvalue weighted by Crippen LogP contribution is -2.36. The molecular weight excluding hydrogens is 276 g/mol. The van der Waals surface area contributed by atoms with E-state index < -0.39 is 11.6 Å². The Morgan fingerprint density at radius 3 is 2.76 bits per heavy atom. The summed E-state index contributed by atoms with van der Waals surface area (Å²) in [5.74, 6) is -0.527. The number of nitrogens with zero attached hydrogens (tertiary/aromatic N) is 2. The Balaban J connectivity index is 1.86. The van der Waals surface area contributed by atoms with Crippen LogP contribution in [0.5, 0.6) is 0 Å².